The van der Waals surface area contributed by atoms with Crippen LogP contribution in [0.5, 0.6) is 0 Å². The van der Waals surface area contributed by atoms with Crippen molar-refractivity contribution in [1.29, 1.82) is 0 Å². The Morgan fingerprint density at radius 3 is 2.95 bits per heavy atom. The van der Waals surface area contributed by atoms with Gasteiger partial charge in [-0.2, -0.15) is 5.10 Å². The first-order valence-electron chi connectivity index (χ1n) is 6.46. The third-order valence-electron chi connectivity index (χ3n) is 3.03. The summed E-state index contributed by atoms with van der Waals surface area (Å²) in [5.41, 5.74) is 8.18. The van der Waals surface area contributed by atoms with Crippen molar-refractivity contribution in [2.75, 3.05) is 11.1 Å². The molecule has 0 aliphatic heterocycles. The molecule has 3 N–H and O–H groups in total. The molecule has 3 aromatic rings. The van der Waals surface area contributed by atoms with E-state index in [9.17, 15) is 4.39 Å². The molecule has 3 rings (SSSR count). The molecule has 0 saturated carbocycles. The third kappa shape index (κ3) is 3.00. The molecule has 6 heteroatoms. The number of nitrogens with one attached hydrogen (secondary N) is 1. The van der Waals surface area contributed by atoms with Crippen LogP contribution in [0.25, 0.3) is 5.69 Å². The van der Waals surface area contributed by atoms with Crippen LogP contribution in [0.4, 0.5) is 15.9 Å². The first kappa shape index (κ1) is 13.1. The van der Waals surface area contributed by atoms with Gasteiger partial charge in [-0.05, 0) is 30.3 Å². The van der Waals surface area contributed by atoms with E-state index in [4.69, 9.17) is 5.73 Å². The Balaban J connectivity index is 1.72. The smallest absolute Gasteiger partial charge is 0.146 e. The van der Waals surface area contributed by atoms with Crippen molar-refractivity contribution >= 4 is 11.5 Å². The van der Waals surface area contributed by atoms with Crippen LogP contribution < -0.4 is 11.1 Å². The zero-order valence-corrected chi connectivity index (χ0v) is 11.2. The molecule has 0 radical (unpaired) electrons. The highest BCUT2D eigenvalue weighted by Gasteiger charge is 2.03. The van der Waals surface area contributed by atoms with Gasteiger partial charge in [0.1, 0.15) is 11.6 Å². The minimum Gasteiger partial charge on any atom is -0.382 e. The number of hydrogen-bond donors (Lipinski definition) is 2. The fourth-order valence-electron chi connectivity index (χ4n) is 1.98. The monoisotopic (exact) mass is 283 g/mol. The predicted octanol–water partition coefficient (Wildman–Crippen LogP) is 2.60. The van der Waals surface area contributed by atoms with Crippen molar-refractivity contribution in [1.82, 2.24) is 14.8 Å². The van der Waals surface area contributed by atoms with Crippen molar-refractivity contribution < 1.29 is 4.39 Å². The van der Waals surface area contributed by atoms with Gasteiger partial charge in [0.15, 0.2) is 0 Å². The Hall–Kier alpha value is -2.89. The molecule has 0 bridgehead atoms. The molecule has 0 aliphatic carbocycles. The molecule has 1 aromatic carbocycles. The van der Waals surface area contributed by atoms with Crippen LogP contribution in [-0.2, 0) is 6.54 Å². The van der Waals surface area contributed by atoms with Crippen molar-refractivity contribution in [3.63, 3.8) is 0 Å². The number of nitrogen functional groups attached to an aromatic ring is 1. The number of anilines is 2. The Morgan fingerprint density at radius 2 is 2.14 bits per heavy atom. The number of pyridine rings is 1. The Kier molecular flexibility index (Phi) is 3.51. The van der Waals surface area contributed by atoms with E-state index in [0.29, 0.717) is 18.1 Å². The van der Waals surface area contributed by atoms with Crippen molar-refractivity contribution in [2.45, 2.75) is 6.54 Å². The molecule has 0 amide bonds. The van der Waals surface area contributed by atoms with Crippen molar-refractivity contribution in [3.05, 3.63) is 66.4 Å². The minimum absolute atomic E-state index is 0.286. The third-order valence-corrected chi connectivity index (χ3v) is 3.03. The molecule has 0 aliphatic rings. The molecular weight excluding hydrogens is 269 g/mol. The topological polar surface area (TPSA) is 68.8 Å². The van der Waals surface area contributed by atoms with Crippen LogP contribution in [-0.4, -0.2) is 14.8 Å². The highest BCUT2D eigenvalue weighted by atomic mass is 19.1. The highest BCUT2D eigenvalue weighted by Crippen LogP contribution is 2.15. The molecule has 2 heterocycles. The van der Waals surface area contributed by atoms with Gasteiger partial charge in [-0.15, -0.1) is 0 Å². The van der Waals surface area contributed by atoms with E-state index in [1.807, 2.05) is 18.3 Å². The lowest BCUT2D eigenvalue weighted by atomic mass is 10.3. The van der Waals surface area contributed by atoms with Gasteiger partial charge in [-0.3, -0.25) is 0 Å². The summed E-state index contributed by atoms with van der Waals surface area (Å²) in [5.74, 6) is 0.167. The summed E-state index contributed by atoms with van der Waals surface area (Å²) in [6, 6.07) is 9.96. The van der Waals surface area contributed by atoms with E-state index in [1.54, 1.807) is 29.2 Å². The first-order chi connectivity index (χ1) is 10.2. The van der Waals surface area contributed by atoms with Crippen LogP contribution in [0.1, 0.15) is 5.56 Å². The summed E-state index contributed by atoms with van der Waals surface area (Å²) in [6.45, 7) is 0.561. The number of hydrogen-bond acceptors (Lipinski definition) is 4. The second kappa shape index (κ2) is 5.62. The first-order valence-corrected chi connectivity index (χ1v) is 6.46. The lowest BCUT2D eigenvalue weighted by Crippen LogP contribution is -2.03. The molecule has 21 heavy (non-hydrogen) atoms. The number of halogens is 1. The number of rotatable bonds is 4. The normalized spacial score (nSPS) is 10.5. The summed E-state index contributed by atoms with van der Waals surface area (Å²) in [6.07, 6.45) is 5.21. The van der Waals surface area contributed by atoms with Crippen LogP contribution >= 0.6 is 0 Å². The summed E-state index contributed by atoms with van der Waals surface area (Å²) in [7, 11) is 0. The number of nitrogens with zero attached hydrogens (tertiary/aromatic N) is 3. The average molecular weight is 283 g/mol. The number of nitrogens with two attached hydrogens (primary N) is 1. The number of aromatic nitrogens is 3. The van der Waals surface area contributed by atoms with Gasteiger partial charge in [0.2, 0.25) is 0 Å². The van der Waals surface area contributed by atoms with E-state index in [2.05, 4.69) is 15.4 Å². The lowest BCUT2D eigenvalue weighted by Gasteiger charge is -2.06. The summed E-state index contributed by atoms with van der Waals surface area (Å²) >= 11 is 0. The Bertz CT molecular complexity index is 753. The van der Waals surface area contributed by atoms with Gasteiger partial charge in [0.05, 0.1) is 17.6 Å². The van der Waals surface area contributed by atoms with Gasteiger partial charge >= 0.3 is 0 Å². The fourth-order valence-corrected chi connectivity index (χ4v) is 1.98. The maximum absolute atomic E-state index is 13.2. The zero-order chi connectivity index (χ0) is 14.7. The van der Waals surface area contributed by atoms with E-state index in [-0.39, 0.29) is 5.82 Å². The van der Waals surface area contributed by atoms with E-state index < -0.39 is 0 Å². The number of benzene rings is 1. The molecule has 0 atom stereocenters. The van der Waals surface area contributed by atoms with Crippen molar-refractivity contribution in [2.24, 2.45) is 0 Å². The molecule has 5 nitrogen and oxygen atoms in total. The van der Waals surface area contributed by atoms with Crippen LogP contribution in [0.3, 0.4) is 0 Å². The molecule has 0 fully saturated rings. The van der Waals surface area contributed by atoms with Crippen LogP contribution in [0.2, 0.25) is 0 Å². The standard InChI is InChI=1S/C15H14FN5/c16-12-3-1-4-13(7-12)21-10-11(9-20-21)8-19-14-5-2-6-18-15(14)17/h1-7,9-10,19H,8H2,(H2,17,18). The molecular formula is C15H14FN5. The van der Waals surface area contributed by atoms with Crippen LogP contribution in [0.15, 0.2) is 55.0 Å². The maximum Gasteiger partial charge on any atom is 0.146 e. The van der Waals surface area contributed by atoms with Gasteiger partial charge in [-0.25, -0.2) is 14.1 Å². The van der Waals surface area contributed by atoms with E-state index >= 15 is 0 Å². The fraction of sp³-hybridized carbons (Fsp3) is 0.0667. The van der Waals surface area contributed by atoms with E-state index in [1.165, 1.54) is 12.1 Å². The summed E-state index contributed by atoms with van der Waals surface area (Å²) < 4.78 is 14.8. The maximum atomic E-state index is 13.2. The van der Waals surface area contributed by atoms with Gasteiger partial charge in [-0.1, -0.05) is 6.07 Å². The highest BCUT2D eigenvalue weighted by molar-refractivity contribution is 5.60. The van der Waals surface area contributed by atoms with Gasteiger partial charge < -0.3 is 11.1 Å². The molecule has 106 valence electrons. The minimum atomic E-state index is -0.286. The second-order valence-corrected chi connectivity index (χ2v) is 4.56. The predicted molar refractivity (Wildman–Crippen MR) is 79.5 cm³/mol. The van der Waals surface area contributed by atoms with Crippen molar-refractivity contribution in [3.8, 4) is 5.69 Å². The Labute approximate surface area is 121 Å². The van der Waals surface area contributed by atoms with Gasteiger partial charge in [0, 0.05) is 24.5 Å². The molecule has 0 unspecified atom stereocenters. The second-order valence-electron chi connectivity index (χ2n) is 4.56. The van der Waals surface area contributed by atoms with E-state index in [0.717, 1.165) is 11.3 Å². The SMILES string of the molecule is Nc1ncccc1NCc1cnn(-c2cccc(F)c2)c1. The summed E-state index contributed by atoms with van der Waals surface area (Å²) in [4.78, 5) is 4.01. The zero-order valence-electron chi connectivity index (χ0n) is 11.2. The Morgan fingerprint density at radius 1 is 1.24 bits per heavy atom. The molecule has 2 aromatic heterocycles. The molecule has 0 spiro atoms. The largest absolute Gasteiger partial charge is 0.382 e. The van der Waals surface area contributed by atoms with Gasteiger partial charge in [0.25, 0.3) is 0 Å². The summed E-state index contributed by atoms with van der Waals surface area (Å²) in [5, 5.41) is 7.42. The lowest BCUT2D eigenvalue weighted by molar-refractivity contribution is 0.625. The average Bonchev–Trinajstić information content (AvgIpc) is 2.95. The molecule has 0 saturated heterocycles. The van der Waals surface area contributed by atoms with Crippen LogP contribution in [0, 0.1) is 5.82 Å². The quantitative estimate of drug-likeness (QED) is 0.772.